The van der Waals surface area contributed by atoms with Crippen LogP contribution in [0.5, 0.6) is 0 Å². The van der Waals surface area contributed by atoms with Crippen LogP contribution >= 0.6 is 24.0 Å². The van der Waals surface area contributed by atoms with Gasteiger partial charge in [-0.1, -0.05) is 17.7 Å². The van der Waals surface area contributed by atoms with Crippen molar-refractivity contribution in [2.45, 2.75) is 19.4 Å². The van der Waals surface area contributed by atoms with Crippen molar-refractivity contribution >= 4 is 24.0 Å². The van der Waals surface area contributed by atoms with Gasteiger partial charge in [0, 0.05) is 11.7 Å². The van der Waals surface area contributed by atoms with Gasteiger partial charge in [0.25, 0.3) is 0 Å². The lowest BCUT2D eigenvalue weighted by molar-refractivity contribution is 0.546. The summed E-state index contributed by atoms with van der Waals surface area (Å²) in [5.41, 5.74) is 0.0678. The molecular formula is C7H11Cl2N. The van der Waals surface area contributed by atoms with Crippen molar-refractivity contribution in [3.63, 3.8) is 0 Å². The van der Waals surface area contributed by atoms with Crippen LogP contribution in [0.3, 0.4) is 0 Å². The summed E-state index contributed by atoms with van der Waals surface area (Å²) in [5.74, 6) is 0. The Hall–Kier alpha value is -0.140. The van der Waals surface area contributed by atoms with Crippen molar-refractivity contribution in [2.75, 3.05) is 0 Å². The Morgan fingerprint density at radius 2 is 2.10 bits per heavy atom. The molecule has 0 spiro atoms. The van der Waals surface area contributed by atoms with Gasteiger partial charge in [0.05, 0.1) is 5.03 Å². The molecule has 0 aromatic carbocycles. The third kappa shape index (κ3) is 2.63. The monoisotopic (exact) mass is 179 g/mol. The number of dihydropyridines is 1. The average molecular weight is 180 g/mol. The predicted molar refractivity (Wildman–Crippen MR) is 47.5 cm³/mol. The SMILES string of the molecule is CC1(C)C=CC(Cl)=CN1.Cl. The van der Waals surface area contributed by atoms with Crippen LogP contribution < -0.4 is 5.32 Å². The molecular weight excluding hydrogens is 169 g/mol. The summed E-state index contributed by atoms with van der Waals surface area (Å²) in [5, 5.41) is 3.89. The number of halogens is 2. The van der Waals surface area contributed by atoms with Crippen LogP contribution in [0.2, 0.25) is 0 Å². The summed E-state index contributed by atoms with van der Waals surface area (Å²) in [6, 6.07) is 0. The van der Waals surface area contributed by atoms with Crippen LogP contribution in [0, 0.1) is 0 Å². The largest absolute Gasteiger partial charge is 0.381 e. The number of nitrogens with one attached hydrogen (secondary N) is 1. The van der Waals surface area contributed by atoms with E-state index >= 15 is 0 Å². The minimum absolute atomic E-state index is 0. The summed E-state index contributed by atoms with van der Waals surface area (Å²) in [4.78, 5) is 0. The summed E-state index contributed by atoms with van der Waals surface area (Å²) < 4.78 is 0. The summed E-state index contributed by atoms with van der Waals surface area (Å²) in [6.07, 6.45) is 5.74. The fourth-order valence-corrected chi connectivity index (χ4v) is 0.757. The smallest absolute Gasteiger partial charge is 0.0560 e. The highest BCUT2D eigenvalue weighted by Crippen LogP contribution is 2.14. The maximum atomic E-state index is 5.66. The van der Waals surface area contributed by atoms with Gasteiger partial charge in [0.2, 0.25) is 0 Å². The lowest BCUT2D eigenvalue weighted by Gasteiger charge is -2.23. The molecule has 0 aromatic rings. The van der Waals surface area contributed by atoms with Crippen molar-refractivity contribution in [3.05, 3.63) is 23.4 Å². The molecule has 1 aliphatic rings. The Bertz CT molecular complexity index is 170. The van der Waals surface area contributed by atoms with Crippen LogP contribution in [-0.2, 0) is 0 Å². The van der Waals surface area contributed by atoms with Gasteiger partial charge in [0.1, 0.15) is 0 Å². The quantitative estimate of drug-likeness (QED) is 0.603. The second kappa shape index (κ2) is 3.31. The molecule has 0 unspecified atom stereocenters. The van der Waals surface area contributed by atoms with E-state index in [0.29, 0.717) is 0 Å². The molecule has 0 aliphatic carbocycles. The summed E-state index contributed by atoms with van der Waals surface area (Å²) in [7, 11) is 0. The molecule has 10 heavy (non-hydrogen) atoms. The third-order valence-corrected chi connectivity index (χ3v) is 1.48. The van der Waals surface area contributed by atoms with Crippen molar-refractivity contribution in [1.29, 1.82) is 0 Å². The van der Waals surface area contributed by atoms with Gasteiger partial charge in [-0.15, -0.1) is 12.4 Å². The lowest BCUT2D eigenvalue weighted by atomic mass is 10.0. The van der Waals surface area contributed by atoms with Crippen LogP contribution in [0.15, 0.2) is 23.4 Å². The Labute approximate surface area is 72.6 Å². The molecule has 58 valence electrons. The van der Waals surface area contributed by atoms with Crippen LogP contribution in [0.1, 0.15) is 13.8 Å². The Morgan fingerprint density at radius 1 is 1.50 bits per heavy atom. The molecule has 1 nitrogen and oxygen atoms in total. The van der Waals surface area contributed by atoms with E-state index < -0.39 is 0 Å². The normalized spacial score (nSPS) is 20.5. The number of hydrogen-bond donors (Lipinski definition) is 1. The van der Waals surface area contributed by atoms with Gasteiger partial charge in [0.15, 0.2) is 0 Å². The van der Waals surface area contributed by atoms with Gasteiger partial charge in [-0.05, 0) is 19.9 Å². The number of hydrogen-bond acceptors (Lipinski definition) is 1. The van der Waals surface area contributed by atoms with Crippen LogP contribution in [0.25, 0.3) is 0 Å². The highest BCUT2D eigenvalue weighted by molar-refractivity contribution is 6.31. The highest BCUT2D eigenvalue weighted by atomic mass is 35.5. The standard InChI is InChI=1S/C7H10ClN.ClH/c1-7(2)4-3-6(8)5-9-7;/h3-5,9H,1-2H3;1H. The first kappa shape index (κ1) is 9.86. The molecule has 0 radical (unpaired) electrons. The van der Waals surface area contributed by atoms with Gasteiger partial charge in [-0.2, -0.15) is 0 Å². The van der Waals surface area contributed by atoms with Gasteiger partial charge in [-0.25, -0.2) is 0 Å². The predicted octanol–water partition coefficient (Wildman–Crippen LogP) is 2.43. The zero-order valence-corrected chi connectivity index (χ0v) is 7.59. The molecule has 0 aromatic heterocycles. The van der Waals surface area contributed by atoms with Gasteiger partial charge < -0.3 is 5.32 Å². The Kier molecular flexibility index (Phi) is 3.26. The van der Waals surface area contributed by atoms with E-state index in [1.54, 1.807) is 0 Å². The molecule has 0 amide bonds. The zero-order valence-electron chi connectivity index (χ0n) is 6.02. The first-order valence-corrected chi connectivity index (χ1v) is 3.30. The summed E-state index contributed by atoms with van der Waals surface area (Å²) >= 11 is 5.66. The minimum Gasteiger partial charge on any atom is -0.381 e. The van der Waals surface area contributed by atoms with E-state index in [0.717, 1.165) is 5.03 Å². The third-order valence-electron chi connectivity index (χ3n) is 1.24. The van der Waals surface area contributed by atoms with E-state index in [9.17, 15) is 0 Å². The van der Waals surface area contributed by atoms with E-state index in [2.05, 4.69) is 19.2 Å². The van der Waals surface area contributed by atoms with Crippen molar-refractivity contribution in [3.8, 4) is 0 Å². The molecule has 3 heteroatoms. The maximum absolute atomic E-state index is 5.66. The average Bonchev–Trinajstić information content (AvgIpc) is 1.78. The van der Waals surface area contributed by atoms with Crippen LogP contribution in [0.4, 0.5) is 0 Å². The Morgan fingerprint density at radius 3 is 2.40 bits per heavy atom. The number of allylic oxidation sites excluding steroid dienone is 2. The van der Waals surface area contributed by atoms with Gasteiger partial charge in [-0.3, -0.25) is 0 Å². The van der Waals surface area contributed by atoms with E-state index in [4.69, 9.17) is 11.6 Å². The van der Waals surface area contributed by atoms with E-state index in [-0.39, 0.29) is 17.9 Å². The minimum atomic E-state index is 0. The molecule has 0 saturated heterocycles. The molecule has 0 atom stereocenters. The zero-order chi connectivity index (χ0) is 6.91. The molecule has 1 N–H and O–H groups in total. The van der Waals surface area contributed by atoms with Crippen molar-refractivity contribution < 1.29 is 0 Å². The van der Waals surface area contributed by atoms with E-state index in [1.165, 1.54) is 0 Å². The Balaban J connectivity index is 0.000000810. The molecule has 1 heterocycles. The van der Waals surface area contributed by atoms with Crippen molar-refractivity contribution in [1.82, 2.24) is 5.32 Å². The fourth-order valence-electron chi connectivity index (χ4n) is 0.639. The molecule has 1 rings (SSSR count). The first-order valence-electron chi connectivity index (χ1n) is 2.93. The van der Waals surface area contributed by atoms with Gasteiger partial charge >= 0.3 is 0 Å². The second-order valence-corrected chi connectivity index (χ2v) is 3.17. The first-order chi connectivity index (χ1) is 4.10. The molecule has 0 fully saturated rings. The maximum Gasteiger partial charge on any atom is 0.0560 e. The van der Waals surface area contributed by atoms with Crippen molar-refractivity contribution in [2.24, 2.45) is 0 Å². The van der Waals surface area contributed by atoms with E-state index in [1.807, 2.05) is 18.4 Å². The second-order valence-electron chi connectivity index (χ2n) is 2.73. The topological polar surface area (TPSA) is 12.0 Å². The fraction of sp³-hybridized carbons (Fsp3) is 0.429. The molecule has 0 saturated carbocycles. The number of rotatable bonds is 0. The molecule has 0 bridgehead atoms. The highest BCUT2D eigenvalue weighted by Gasteiger charge is 2.13. The van der Waals surface area contributed by atoms with Crippen LogP contribution in [-0.4, -0.2) is 5.54 Å². The molecule has 1 aliphatic heterocycles. The summed E-state index contributed by atoms with van der Waals surface area (Å²) in [6.45, 7) is 4.17. The lowest BCUT2D eigenvalue weighted by Crippen LogP contribution is -2.34.